The number of nitrogens with zero attached hydrogens (tertiary/aromatic N) is 1. The summed E-state index contributed by atoms with van der Waals surface area (Å²) in [4.78, 5) is 36.4. The number of urea groups is 1. The maximum absolute atomic E-state index is 12.2. The van der Waals surface area contributed by atoms with Crippen LogP contribution in [0.1, 0.15) is 27.2 Å². The summed E-state index contributed by atoms with van der Waals surface area (Å²) in [5.41, 5.74) is 0. The van der Waals surface area contributed by atoms with Crippen LogP contribution in [0.2, 0.25) is 0 Å². The first-order chi connectivity index (χ1) is 9.76. The SMILES string of the molecule is COC(=O)C(CC(C)C)NC(=O)N1CC(C)C(C(=O)O)C1. The van der Waals surface area contributed by atoms with Gasteiger partial charge >= 0.3 is 18.0 Å². The molecule has 0 aromatic heterocycles. The van der Waals surface area contributed by atoms with Crippen molar-refractivity contribution in [1.29, 1.82) is 0 Å². The maximum atomic E-state index is 12.2. The minimum Gasteiger partial charge on any atom is -0.481 e. The van der Waals surface area contributed by atoms with Crippen LogP contribution in [0.15, 0.2) is 0 Å². The van der Waals surface area contributed by atoms with Crippen LogP contribution in [0.5, 0.6) is 0 Å². The zero-order chi connectivity index (χ0) is 16.2. The van der Waals surface area contributed by atoms with E-state index in [0.717, 1.165) is 0 Å². The number of hydrogen-bond donors (Lipinski definition) is 2. The van der Waals surface area contributed by atoms with Gasteiger partial charge in [-0.05, 0) is 18.3 Å². The summed E-state index contributed by atoms with van der Waals surface area (Å²) in [5, 5.41) is 11.7. The molecule has 1 rings (SSSR count). The van der Waals surface area contributed by atoms with Gasteiger partial charge in [0.2, 0.25) is 0 Å². The summed E-state index contributed by atoms with van der Waals surface area (Å²) < 4.78 is 4.69. The Morgan fingerprint density at radius 2 is 1.95 bits per heavy atom. The number of hydrogen-bond acceptors (Lipinski definition) is 4. The van der Waals surface area contributed by atoms with Crippen LogP contribution < -0.4 is 5.32 Å². The Morgan fingerprint density at radius 1 is 1.33 bits per heavy atom. The number of carbonyl (C=O) groups is 3. The predicted octanol–water partition coefficient (Wildman–Crippen LogP) is 0.936. The maximum Gasteiger partial charge on any atom is 0.328 e. The molecule has 1 aliphatic rings. The van der Waals surface area contributed by atoms with Gasteiger partial charge in [-0.2, -0.15) is 0 Å². The van der Waals surface area contributed by atoms with E-state index in [1.807, 2.05) is 13.8 Å². The molecular weight excluding hydrogens is 276 g/mol. The second-order valence-corrected chi connectivity index (χ2v) is 5.98. The number of amides is 2. The van der Waals surface area contributed by atoms with Gasteiger partial charge in [0.1, 0.15) is 6.04 Å². The summed E-state index contributed by atoms with van der Waals surface area (Å²) >= 11 is 0. The molecular formula is C14H24N2O5. The topological polar surface area (TPSA) is 95.9 Å². The fraction of sp³-hybridized carbons (Fsp3) is 0.786. The highest BCUT2D eigenvalue weighted by molar-refractivity contribution is 5.84. The second kappa shape index (κ2) is 7.28. The van der Waals surface area contributed by atoms with E-state index in [9.17, 15) is 14.4 Å². The van der Waals surface area contributed by atoms with Crippen molar-refractivity contribution in [1.82, 2.24) is 10.2 Å². The van der Waals surface area contributed by atoms with Gasteiger partial charge in [0.05, 0.1) is 13.0 Å². The molecule has 0 aromatic rings. The Hall–Kier alpha value is -1.79. The van der Waals surface area contributed by atoms with Crippen LogP contribution in [0.25, 0.3) is 0 Å². The fourth-order valence-electron chi connectivity index (χ4n) is 2.52. The van der Waals surface area contributed by atoms with Crippen molar-refractivity contribution in [2.75, 3.05) is 20.2 Å². The predicted molar refractivity (Wildman–Crippen MR) is 75.7 cm³/mol. The van der Waals surface area contributed by atoms with Crippen LogP contribution in [-0.4, -0.2) is 54.2 Å². The molecule has 0 aliphatic carbocycles. The van der Waals surface area contributed by atoms with Gasteiger partial charge in [0, 0.05) is 13.1 Å². The first-order valence-electron chi connectivity index (χ1n) is 7.12. The van der Waals surface area contributed by atoms with Crippen LogP contribution in [0, 0.1) is 17.8 Å². The summed E-state index contributed by atoms with van der Waals surface area (Å²) in [7, 11) is 1.28. The van der Waals surface area contributed by atoms with Crippen molar-refractivity contribution >= 4 is 18.0 Å². The normalized spacial score (nSPS) is 23.0. The van der Waals surface area contributed by atoms with E-state index >= 15 is 0 Å². The molecule has 1 saturated heterocycles. The van der Waals surface area contributed by atoms with Gasteiger partial charge < -0.3 is 20.1 Å². The van der Waals surface area contributed by atoms with Crippen molar-refractivity contribution in [2.24, 2.45) is 17.8 Å². The van der Waals surface area contributed by atoms with E-state index in [-0.39, 0.29) is 18.4 Å². The van der Waals surface area contributed by atoms with Gasteiger partial charge in [0.15, 0.2) is 0 Å². The highest BCUT2D eigenvalue weighted by atomic mass is 16.5. The first kappa shape index (κ1) is 17.3. The Labute approximate surface area is 124 Å². The Bertz CT molecular complexity index is 410. The molecule has 2 amide bonds. The average Bonchev–Trinajstić information content (AvgIpc) is 2.78. The average molecular weight is 300 g/mol. The molecule has 1 aliphatic heterocycles. The molecule has 21 heavy (non-hydrogen) atoms. The lowest BCUT2D eigenvalue weighted by Crippen LogP contribution is -2.48. The summed E-state index contributed by atoms with van der Waals surface area (Å²) in [6.45, 7) is 6.23. The van der Waals surface area contributed by atoms with Crippen molar-refractivity contribution in [3.63, 3.8) is 0 Å². The molecule has 0 saturated carbocycles. The zero-order valence-corrected chi connectivity index (χ0v) is 13.0. The molecule has 1 fully saturated rings. The van der Waals surface area contributed by atoms with Gasteiger partial charge in [0.25, 0.3) is 0 Å². The molecule has 7 nitrogen and oxygen atoms in total. The lowest BCUT2D eigenvalue weighted by molar-refractivity contribution is -0.144. The van der Waals surface area contributed by atoms with E-state index in [2.05, 4.69) is 5.32 Å². The van der Waals surface area contributed by atoms with Crippen LogP contribution in [0.4, 0.5) is 4.79 Å². The van der Waals surface area contributed by atoms with Gasteiger partial charge in [-0.3, -0.25) is 4.79 Å². The molecule has 120 valence electrons. The van der Waals surface area contributed by atoms with Gasteiger partial charge in [-0.1, -0.05) is 20.8 Å². The van der Waals surface area contributed by atoms with Crippen LogP contribution >= 0.6 is 0 Å². The number of methoxy groups -OCH3 is 1. The van der Waals surface area contributed by atoms with Crippen molar-refractivity contribution in [3.8, 4) is 0 Å². The molecule has 7 heteroatoms. The van der Waals surface area contributed by atoms with Gasteiger partial charge in [-0.25, -0.2) is 9.59 Å². The number of likely N-dealkylation sites (tertiary alicyclic amines) is 1. The molecule has 3 unspecified atom stereocenters. The number of esters is 1. The number of carbonyl (C=O) groups excluding carboxylic acids is 2. The fourth-order valence-corrected chi connectivity index (χ4v) is 2.52. The Kier molecular flexibility index (Phi) is 5.99. The van der Waals surface area contributed by atoms with E-state index < -0.39 is 29.9 Å². The molecule has 0 aromatic carbocycles. The highest BCUT2D eigenvalue weighted by Gasteiger charge is 2.38. The molecule has 0 spiro atoms. The van der Waals surface area contributed by atoms with Crippen molar-refractivity contribution < 1.29 is 24.2 Å². The third-order valence-corrected chi connectivity index (χ3v) is 3.71. The van der Waals surface area contributed by atoms with E-state index in [1.165, 1.54) is 12.0 Å². The van der Waals surface area contributed by atoms with E-state index in [0.29, 0.717) is 13.0 Å². The van der Waals surface area contributed by atoms with E-state index in [1.54, 1.807) is 6.92 Å². The monoisotopic (exact) mass is 300 g/mol. The van der Waals surface area contributed by atoms with Crippen LogP contribution in [0.3, 0.4) is 0 Å². The minimum atomic E-state index is -0.899. The standard InChI is InChI=1S/C14H24N2O5/c1-8(2)5-11(13(19)21-4)15-14(20)16-6-9(3)10(7-16)12(17)18/h8-11H,5-7H2,1-4H3,(H,15,20)(H,17,18). The number of rotatable bonds is 5. The molecule has 2 N–H and O–H groups in total. The zero-order valence-electron chi connectivity index (χ0n) is 13.0. The second-order valence-electron chi connectivity index (χ2n) is 5.98. The van der Waals surface area contributed by atoms with Crippen LogP contribution in [-0.2, 0) is 14.3 Å². The lowest BCUT2D eigenvalue weighted by atomic mass is 9.99. The minimum absolute atomic E-state index is 0.102. The smallest absolute Gasteiger partial charge is 0.328 e. The Balaban J connectivity index is 2.66. The Morgan fingerprint density at radius 3 is 2.38 bits per heavy atom. The van der Waals surface area contributed by atoms with Crippen molar-refractivity contribution in [2.45, 2.75) is 33.2 Å². The summed E-state index contributed by atoms with van der Waals surface area (Å²) in [5.74, 6) is -1.82. The summed E-state index contributed by atoms with van der Waals surface area (Å²) in [6, 6.07) is -1.12. The quantitative estimate of drug-likeness (QED) is 0.737. The van der Waals surface area contributed by atoms with E-state index in [4.69, 9.17) is 9.84 Å². The lowest BCUT2D eigenvalue weighted by Gasteiger charge is -2.23. The first-order valence-corrected chi connectivity index (χ1v) is 7.12. The third kappa shape index (κ3) is 4.61. The highest BCUT2D eigenvalue weighted by Crippen LogP contribution is 2.23. The number of aliphatic carboxylic acids is 1. The molecule has 0 bridgehead atoms. The molecule has 1 heterocycles. The number of carboxylic acids is 1. The number of carboxylic acid groups (broad SMARTS) is 1. The number of nitrogens with one attached hydrogen (secondary N) is 1. The largest absolute Gasteiger partial charge is 0.481 e. The van der Waals surface area contributed by atoms with Gasteiger partial charge in [-0.15, -0.1) is 0 Å². The molecule has 3 atom stereocenters. The third-order valence-electron chi connectivity index (χ3n) is 3.71. The number of ether oxygens (including phenoxy) is 1. The molecule has 0 radical (unpaired) electrons. The van der Waals surface area contributed by atoms with Crippen molar-refractivity contribution in [3.05, 3.63) is 0 Å². The summed E-state index contributed by atoms with van der Waals surface area (Å²) in [6.07, 6.45) is 0.476.